The Labute approximate surface area is 122 Å². The quantitative estimate of drug-likeness (QED) is 0.641. The summed E-state index contributed by atoms with van der Waals surface area (Å²) in [4.78, 5) is 22.5. The van der Waals surface area contributed by atoms with E-state index in [1.807, 2.05) is 0 Å². The van der Waals surface area contributed by atoms with E-state index in [4.69, 9.17) is 4.74 Å². The fraction of sp³-hybridized carbons (Fsp3) is 0.500. The molecule has 1 aliphatic rings. The van der Waals surface area contributed by atoms with Gasteiger partial charge < -0.3 is 15.2 Å². The van der Waals surface area contributed by atoms with E-state index in [9.17, 15) is 20.0 Å². The van der Waals surface area contributed by atoms with Crippen LogP contribution < -0.4 is 5.32 Å². The summed E-state index contributed by atoms with van der Waals surface area (Å²) < 4.78 is 5.29. The molecular formula is C14H18N2O5. The maximum Gasteiger partial charge on any atom is 0.273 e. The highest BCUT2D eigenvalue weighted by Gasteiger charge is 2.39. The number of hydrogen-bond acceptors (Lipinski definition) is 5. The van der Waals surface area contributed by atoms with Crippen LogP contribution in [0.15, 0.2) is 18.2 Å². The van der Waals surface area contributed by atoms with Crippen molar-refractivity contribution in [2.24, 2.45) is 0 Å². The third-order valence-electron chi connectivity index (χ3n) is 3.96. The smallest absolute Gasteiger partial charge is 0.273 e. The fourth-order valence-corrected chi connectivity index (χ4v) is 2.40. The van der Waals surface area contributed by atoms with E-state index in [-0.39, 0.29) is 23.9 Å². The van der Waals surface area contributed by atoms with E-state index in [0.717, 1.165) is 0 Å². The molecule has 0 radical (unpaired) electrons. The molecule has 1 saturated heterocycles. The van der Waals surface area contributed by atoms with Gasteiger partial charge in [0.15, 0.2) is 0 Å². The van der Waals surface area contributed by atoms with Crippen LogP contribution in [0, 0.1) is 17.0 Å². The normalized spacial score (nSPS) is 24.8. The maximum absolute atomic E-state index is 12.2. The standard InChI is InChI=1S/C14H18N2O5/c1-9-11(4-3-5-12(9)16(19)20)13(17)15-8-14(18)6-7-21-10(14)2/h3-5,10,18H,6-8H2,1-2H3,(H,15,17). The van der Waals surface area contributed by atoms with E-state index < -0.39 is 16.4 Å². The predicted molar refractivity (Wildman–Crippen MR) is 75.1 cm³/mol. The van der Waals surface area contributed by atoms with Gasteiger partial charge in [-0.15, -0.1) is 0 Å². The number of rotatable bonds is 4. The van der Waals surface area contributed by atoms with Crippen molar-refractivity contribution in [3.8, 4) is 0 Å². The molecule has 21 heavy (non-hydrogen) atoms. The molecule has 2 rings (SSSR count). The largest absolute Gasteiger partial charge is 0.385 e. The molecule has 1 fully saturated rings. The van der Waals surface area contributed by atoms with Gasteiger partial charge in [0.2, 0.25) is 0 Å². The van der Waals surface area contributed by atoms with E-state index in [1.54, 1.807) is 6.92 Å². The summed E-state index contributed by atoms with van der Waals surface area (Å²) in [6, 6.07) is 4.35. The zero-order valence-corrected chi connectivity index (χ0v) is 12.0. The van der Waals surface area contributed by atoms with Crippen molar-refractivity contribution in [2.75, 3.05) is 13.2 Å². The van der Waals surface area contributed by atoms with Crippen molar-refractivity contribution in [3.05, 3.63) is 39.4 Å². The van der Waals surface area contributed by atoms with Gasteiger partial charge in [0.25, 0.3) is 11.6 Å². The van der Waals surface area contributed by atoms with Gasteiger partial charge in [0, 0.05) is 36.8 Å². The lowest BCUT2D eigenvalue weighted by Crippen LogP contribution is -2.47. The van der Waals surface area contributed by atoms with Crippen LogP contribution in [0.25, 0.3) is 0 Å². The Morgan fingerprint density at radius 1 is 1.62 bits per heavy atom. The number of hydrogen-bond donors (Lipinski definition) is 2. The van der Waals surface area contributed by atoms with Gasteiger partial charge in [-0.1, -0.05) is 6.07 Å². The highest BCUT2D eigenvalue weighted by molar-refractivity contribution is 5.96. The molecule has 1 aliphatic heterocycles. The SMILES string of the molecule is Cc1c(C(=O)NCC2(O)CCOC2C)cccc1[N+](=O)[O-]. The summed E-state index contributed by atoms with van der Waals surface area (Å²) in [5.41, 5.74) is -0.648. The Kier molecular flexibility index (Phi) is 4.24. The zero-order chi connectivity index (χ0) is 15.6. The van der Waals surface area contributed by atoms with Crippen LogP contribution in [0.5, 0.6) is 0 Å². The summed E-state index contributed by atoms with van der Waals surface area (Å²) >= 11 is 0. The average Bonchev–Trinajstić information content (AvgIpc) is 2.76. The highest BCUT2D eigenvalue weighted by Crippen LogP contribution is 2.25. The molecule has 2 N–H and O–H groups in total. The van der Waals surface area contributed by atoms with Crippen molar-refractivity contribution in [1.82, 2.24) is 5.32 Å². The van der Waals surface area contributed by atoms with Crippen molar-refractivity contribution in [1.29, 1.82) is 0 Å². The number of carbonyl (C=O) groups is 1. The average molecular weight is 294 g/mol. The topological polar surface area (TPSA) is 102 Å². The molecule has 0 saturated carbocycles. The first-order valence-electron chi connectivity index (χ1n) is 6.71. The first-order valence-corrected chi connectivity index (χ1v) is 6.71. The number of nitrogens with one attached hydrogen (secondary N) is 1. The third kappa shape index (κ3) is 3.03. The number of amides is 1. The van der Waals surface area contributed by atoms with Gasteiger partial charge in [-0.25, -0.2) is 0 Å². The molecule has 0 aromatic heterocycles. The van der Waals surface area contributed by atoms with Crippen LogP contribution in [0.2, 0.25) is 0 Å². The maximum atomic E-state index is 12.2. The van der Waals surface area contributed by atoms with Crippen LogP contribution in [0.4, 0.5) is 5.69 Å². The lowest BCUT2D eigenvalue weighted by atomic mass is 9.96. The minimum atomic E-state index is -1.09. The molecule has 1 aromatic rings. The Morgan fingerprint density at radius 3 is 2.90 bits per heavy atom. The molecule has 0 spiro atoms. The minimum Gasteiger partial charge on any atom is -0.385 e. The summed E-state index contributed by atoms with van der Waals surface area (Å²) in [7, 11) is 0. The lowest BCUT2D eigenvalue weighted by molar-refractivity contribution is -0.385. The molecule has 0 aliphatic carbocycles. The minimum absolute atomic E-state index is 0.0507. The molecule has 1 heterocycles. The Bertz CT molecular complexity index is 574. The van der Waals surface area contributed by atoms with Gasteiger partial charge in [-0.2, -0.15) is 0 Å². The van der Waals surface area contributed by atoms with Gasteiger partial charge in [0.05, 0.1) is 11.0 Å². The fourth-order valence-electron chi connectivity index (χ4n) is 2.40. The van der Waals surface area contributed by atoms with E-state index in [1.165, 1.54) is 25.1 Å². The molecule has 114 valence electrons. The molecule has 1 amide bonds. The summed E-state index contributed by atoms with van der Waals surface area (Å²) in [5.74, 6) is -0.441. The van der Waals surface area contributed by atoms with Gasteiger partial charge >= 0.3 is 0 Å². The first-order chi connectivity index (χ1) is 9.85. The summed E-state index contributed by atoms with van der Waals surface area (Å²) in [6.07, 6.45) is 0.0894. The monoisotopic (exact) mass is 294 g/mol. The van der Waals surface area contributed by atoms with E-state index in [2.05, 4.69) is 5.32 Å². The molecular weight excluding hydrogens is 276 g/mol. The third-order valence-corrected chi connectivity index (χ3v) is 3.96. The lowest BCUT2D eigenvalue weighted by Gasteiger charge is -2.26. The van der Waals surface area contributed by atoms with Crippen LogP contribution in [0.1, 0.15) is 29.3 Å². The van der Waals surface area contributed by atoms with Gasteiger partial charge in [0.1, 0.15) is 5.60 Å². The van der Waals surface area contributed by atoms with Crippen LogP contribution in [-0.4, -0.2) is 40.8 Å². The Balaban J connectivity index is 2.11. The van der Waals surface area contributed by atoms with E-state index >= 15 is 0 Å². The Hall–Kier alpha value is -1.99. The molecule has 1 aromatic carbocycles. The van der Waals surface area contributed by atoms with Crippen molar-refractivity contribution in [2.45, 2.75) is 32.0 Å². The predicted octanol–water partition coefficient (Wildman–Crippen LogP) is 1.17. The number of nitro groups is 1. The van der Waals surface area contributed by atoms with Crippen molar-refractivity contribution < 1.29 is 19.6 Å². The van der Waals surface area contributed by atoms with E-state index in [0.29, 0.717) is 18.6 Å². The first kappa shape index (κ1) is 15.4. The van der Waals surface area contributed by atoms with Gasteiger partial charge in [-0.05, 0) is 19.9 Å². The number of aliphatic hydroxyl groups is 1. The number of ether oxygens (including phenoxy) is 1. The molecule has 0 bridgehead atoms. The number of nitrogens with zero attached hydrogens (tertiary/aromatic N) is 1. The molecule has 7 nitrogen and oxygen atoms in total. The second kappa shape index (κ2) is 5.79. The van der Waals surface area contributed by atoms with Crippen molar-refractivity contribution >= 4 is 11.6 Å². The molecule has 2 unspecified atom stereocenters. The second-order valence-electron chi connectivity index (χ2n) is 5.26. The second-order valence-corrected chi connectivity index (χ2v) is 5.26. The molecule has 7 heteroatoms. The number of nitro benzene ring substituents is 1. The number of benzene rings is 1. The highest BCUT2D eigenvalue weighted by atomic mass is 16.6. The van der Waals surface area contributed by atoms with Crippen LogP contribution in [-0.2, 0) is 4.74 Å². The Morgan fingerprint density at radius 2 is 2.33 bits per heavy atom. The zero-order valence-electron chi connectivity index (χ0n) is 12.0. The van der Waals surface area contributed by atoms with Crippen molar-refractivity contribution in [3.63, 3.8) is 0 Å². The number of carbonyl (C=O) groups excluding carboxylic acids is 1. The molecule has 2 atom stereocenters. The van der Waals surface area contributed by atoms with Crippen LogP contribution in [0.3, 0.4) is 0 Å². The summed E-state index contributed by atoms with van der Waals surface area (Å²) in [6.45, 7) is 3.78. The summed E-state index contributed by atoms with van der Waals surface area (Å²) in [5, 5.41) is 23.8. The van der Waals surface area contributed by atoms with Gasteiger partial charge in [-0.3, -0.25) is 14.9 Å². The van der Waals surface area contributed by atoms with Crippen LogP contribution >= 0.6 is 0 Å².